The lowest BCUT2D eigenvalue weighted by Gasteiger charge is -2.56. The van der Waals surface area contributed by atoms with Gasteiger partial charge in [0.15, 0.2) is 17.6 Å². The molecular formula is C27H33N3O11. The maximum absolute atomic E-state index is 12.7. The number of likely N-dealkylation sites (N-methyl/N-ethyl adjacent to an activating group) is 1. The Morgan fingerprint density at radius 2 is 1.71 bits per heavy atom. The summed E-state index contributed by atoms with van der Waals surface area (Å²) in [5.74, 6) is 0.0393. The van der Waals surface area contributed by atoms with E-state index in [4.69, 9.17) is 14.2 Å². The zero-order chi connectivity index (χ0) is 29.1. The summed E-state index contributed by atoms with van der Waals surface area (Å²) in [5.41, 5.74) is 1.70. The van der Waals surface area contributed by atoms with Gasteiger partial charge in [-0.2, -0.15) is 0 Å². The van der Waals surface area contributed by atoms with E-state index in [2.05, 4.69) is 27.7 Å². The highest BCUT2D eigenvalue weighted by molar-refractivity contribution is 5.75. The Hall–Kier alpha value is -3.94. The number of benzene rings is 1. The molecule has 14 heteroatoms. The average Bonchev–Trinajstić information content (AvgIpc) is 3.27. The van der Waals surface area contributed by atoms with Crippen LogP contribution in [-0.4, -0.2) is 72.1 Å². The van der Waals surface area contributed by atoms with Gasteiger partial charge >= 0.3 is 11.9 Å². The van der Waals surface area contributed by atoms with E-state index in [9.17, 15) is 29.8 Å². The zero-order valence-electron chi connectivity index (χ0n) is 22.7. The second kappa shape index (κ2) is 11.9. The molecular weight excluding hydrogens is 542 g/mol. The van der Waals surface area contributed by atoms with Gasteiger partial charge in [0.1, 0.15) is 6.10 Å². The van der Waals surface area contributed by atoms with Crippen molar-refractivity contribution in [1.29, 1.82) is 0 Å². The Bertz CT molecular complexity index is 1240. The van der Waals surface area contributed by atoms with Crippen LogP contribution in [-0.2, 0) is 35.8 Å². The van der Waals surface area contributed by atoms with E-state index in [0.29, 0.717) is 37.2 Å². The molecule has 0 amide bonds. The van der Waals surface area contributed by atoms with Gasteiger partial charge in [0, 0.05) is 35.8 Å². The van der Waals surface area contributed by atoms with Gasteiger partial charge < -0.3 is 28.8 Å². The molecule has 2 aliphatic heterocycles. The first-order valence-corrected chi connectivity index (χ1v) is 13.9. The lowest BCUT2D eigenvalue weighted by atomic mass is 9.53. The molecule has 5 atom stereocenters. The topological polar surface area (TPSA) is 170 Å². The third-order valence-corrected chi connectivity index (χ3v) is 8.55. The third-order valence-electron chi connectivity index (χ3n) is 8.55. The summed E-state index contributed by atoms with van der Waals surface area (Å²) >= 11 is 0. The molecule has 0 radical (unpaired) electrons. The highest BCUT2D eigenvalue weighted by atomic mass is 17.0. The van der Waals surface area contributed by atoms with Gasteiger partial charge in [0.25, 0.3) is 10.2 Å². The number of piperidine rings is 1. The summed E-state index contributed by atoms with van der Waals surface area (Å²) < 4.78 is 18.2. The monoisotopic (exact) mass is 575 g/mol. The Kier molecular flexibility index (Phi) is 8.29. The smallest absolute Gasteiger partial charge is 0.311 e. The van der Waals surface area contributed by atoms with Crippen LogP contribution in [0.5, 0.6) is 11.5 Å². The van der Waals surface area contributed by atoms with Crippen LogP contribution in [0.3, 0.4) is 0 Å². The molecule has 2 bridgehead atoms. The Morgan fingerprint density at radius 3 is 2.39 bits per heavy atom. The number of esters is 2. The predicted molar refractivity (Wildman–Crippen MR) is 139 cm³/mol. The van der Waals surface area contributed by atoms with Gasteiger partial charge in [-0.1, -0.05) is 12.1 Å². The third kappa shape index (κ3) is 5.65. The number of likely N-dealkylation sites (tertiary alicyclic amines) is 1. The van der Waals surface area contributed by atoms with Gasteiger partial charge in [-0.3, -0.25) is 9.59 Å². The summed E-state index contributed by atoms with van der Waals surface area (Å²) in [6.07, 6.45) is 6.07. The molecule has 41 heavy (non-hydrogen) atoms. The standard InChI is InChI=1S/C27H33N3O11/c1-28-13-12-27-18-9-11-21(40-23(32)7-3-5-15-38-30(35)36)26(27)41-25-20(10-8-17(24(25)27)16-19(18)28)39-22(31)6-2-4-14-37-29(33)34/h8-11,18-19,21,26H,2-7,12-16H2,1H3/t18?,19?,21-,26?,27-/m0/s1. The fourth-order valence-electron chi connectivity index (χ4n) is 6.80. The first-order chi connectivity index (χ1) is 19.7. The molecule has 0 aromatic heterocycles. The maximum Gasteiger partial charge on any atom is 0.311 e. The van der Waals surface area contributed by atoms with Gasteiger partial charge in [0.05, 0.1) is 13.2 Å². The molecule has 0 N–H and O–H groups in total. The quantitative estimate of drug-likeness (QED) is 0.0795. The molecule has 1 aromatic rings. The van der Waals surface area contributed by atoms with Gasteiger partial charge in [-0.15, -0.1) is 20.2 Å². The zero-order valence-corrected chi connectivity index (χ0v) is 22.7. The van der Waals surface area contributed by atoms with Crippen molar-refractivity contribution in [3.63, 3.8) is 0 Å². The number of rotatable bonds is 14. The van der Waals surface area contributed by atoms with Crippen LogP contribution in [0.2, 0.25) is 0 Å². The molecule has 5 rings (SSSR count). The van der Waals surface area contributed by atoms with Crippen molar-refractivity contribution in [3.05, 3.63) is 55.6 Å². The van der Waals surface area contributed by atoms with Crippen LogP contribution in [0.25, 0.3) is 0 Å². The number of hydrogen-bond donors (Lipinski definition) is 0. The lowest BCUT2D eigenvalue weighted by Crippen LogP contribution is -2.65. The summed E-state index contributed by atoms with van der Waals surface area (Å²) in [6, 6.07) is 3.97. The number of carbonyl (C=O) groups excluding carboxylic acids is 2. The first kappa shape index (κ1) is 28.6. The average molecular weight is 576 g/mol. The molecule has 222 valence electrons. The van der Waals surface area contributed by atoms with E-state index in [1.807, 2.05) is 12.1 Å². The fourth-order valence-corrected chi connectivity index (χ4v) is 6.80. The van der Waals surface area contributed by atoms with E-state index < -0.39 is 39.7 Å². The number of carbonyl (C=O) groups is 2. The van der Waals surface area contributed by atoms with Crippen LogP contribution in [0.4, 0.5) is 0 Å². The van der Waals surface area contributed by atoms with Crippen LogP contribution in [0.1, 0.15) is 56.1 Å². The lowest BCUT2D eigenvalue weighted by molar-refractivity contribution is -0.757. The molecule has 1 spiro atoms. The van der Waals surface area contributed by atoms with Crippen molar-refractivity contribution in [2.75, 3.05) is 26.8 Å². The number of nitrogens with zero attached hydrogens (tertiary/aromatic N) is 3. The van der Waals surface area contributed by atoms with Crippen molar-refractivity contribution in [2.24, 2.45) is 5.92 Å². The van der Waals surface area contributed by atoms with Crippen LogP contribution in [0.15, 0.2) is 24.3 Å². The molecule has 1 fully saturated rings. The van der Waals surface area contributed by atoms with Gasteiger partial charge in [-0.25, -0.2) is 0 Å². The molecule has 1 saturated heterocycles. The van der Waals surface area contributed by atoms with E-state index in [-0.39, 0.29) is 38.0 Å². The number of ether oxygens (including phenoxy) is 3. The van der Waals surface area contributed by atoms with Crippen molar-refractivity contribution >= 4 is 11.9 Å². The largest absolute Gasteiger partial charge is 0.481 e. The van der Waals surface area contributed by atoms with E-state index >= 15 is 0 Å². The second-order valence-corrected chi connectivity index (χ2v) is 10.9. The normalized spacial score (nSPS) is 26.9. The van der Waals surface area contributed by atoms with Crippen molar-refractivity contribution in [2.45, 2.75) is 75.0 Å². The van der Waals surface area contributed by atoms with E-state index in [0.717, 1.165) is 30.5 Å². The molecule has 3 unspecified atom stereocenters. The highest BCUT2D eigenvalue weighted by Gasteiger charge is 2.65. The van der Waals surface area contributed by atoms with Crippen LogP contribution < -0.4 is 9.47 Å². The van der Waals surface area contributed by atoms with Crippen molar-refractivity contribution in [1.82, 2.24) is 4.90 Å². The predicted octanol–water partition coefficient (Wildman–Crippen LogP) is 2.71. The van der Waals surface area contributed by atoms with E-state index in [1.54, 1.807) is 6.07 Å². The van der Waals surface area contributed by atoms with Crippen molar-refractivity contribution < 1.29 is 43.6 Å². The molecule has 2 heterocycles. The molecule has 0 saturated carbocycles. The molecule has 2 aliphatic carbocycles. The Labute approximate surface area is 235 Å². The Balaban J connectivity index is 1.32. The van der Waals surface area contributed by atoms with Gasteiger partial charge in [-0.05, 0) is 69.8 Å². The molecule has 4 aliphatic rings. The van der Waals surface area contributed by atoms with Crippen LogP contribution >= 0.6 is 0 Å². The number of hydrogen-bond acceptors (Lipinski definition) is 12. The minimum Gasteiger partial charge on any atom is -0.481 e. The minimum absolute atomic E-state index is 0.0656. The highest BCUT2D eigenvalue weighted by Crippen LogP contribution is 2.62. The molecule has 14 nitrogen and oxygen atoms in total. The van der Waals surface area contributed by atoms with Crippen molar-refractivity contribution in [3.8, 4) is 11.5 Å². The van der Waals surface area contributed by atoms with E-state index in [1.165, 1.54) is 0 Å². The summed E-state index contributed by atoms with van der Waals surface area (Å²) in [7, 11) is 2.11. The van der Waals surface area contributed by atoms with Crippen LogP contribution in [0, 0.1) is 26.1 Å². The Morgan fingerprint density at radius 1 is 1.02 bits per heavy atom. The van der Waals surface area contributed by atoms with Gasteiger partial charge in [0.2, 0.25) is 0 Å². The summed E-state index contributed by atoms with van der Waals surface area (Å²) in [5, 5.41) is 18.9. The summed E-state index contributed by atoms with van der Waals surface area (Å²) in [4.78, 5) is 56.9. The summed E-state index contributed by atoms with van der Waals surface area (Å²) in [6.45, 7) is 0.664. The second-order valence-electron chi connectivity index (χ2n) is 10.9. The number of unbranched alkanes of at least 4 members (excludes halogenated alkanes) is 2. The molecule has 1 aromatic carbocycles. The fraction of sp³-hybridized carbons (Fsp3) is 0.630. The maximum atomic E-state index is 12.7. The minimum atomic E-state index is -0.863. The first-order valence-electron chi connectivity index (χ1n) is 13.9. The SMILES string of the molecule is CN1CC[C@]23c4c5ccc(OC(=O)CCCCO[N+](=O)[O-])c4OC2[C@@H](OC(=O)CCCCO[N+](=O)[O-])C=CC3C1C5.